The van der Waals surface area contributed by atoms with E-state index in [0.717, 1.165) is 5.69 Å². The molecule has 124 valence electrons. The molecule has 0 aliphatic rings. The van der Waals surface area contributed by atoms with E-state index in [2.05, 4.69) is 25.8 Å². The summed E-state index contributed by atoms with van der Waals surface area (Å²) in [7, 11) is -3.71. The average molecular weight is 427 g/mol. The van der Waals surface area contributed by atoms with Gasteiger partial charge in [0.1, 0.15) is 4.90 Å². The van der Waals surface area contributed by atoms with Gasteiger partial charge in [0.05, 0.1) is 22.9 Å². The first-order chi connectivity index (χ1) is 11.5. The minimum atomic E-state index is -3.71. The van der Waals surface area contributed by atoms with Crippen molar-refractivity contribution in [2.75, 3.05) is 0 Å². The van der Waals surface area contributed by atoms with Gasteiger partial charge in [0.2, 0.25) is 10.0 Å². The SMILES string of the molecule is O=S(=O)(NCc1ccn(-c2ccccc2)n1)c1ccc(Br)cc1Cl. The second-order valence-corrected chi connectivity index (χ2v) is 8.04. The van der Waals surface area contributed by atoms with Gasteiger partial charge in [-0.1, -0.05) is 45.7 Å². The van der Waals surface area contributed by atoms with E-state index in [0.29, 0.717) is 10.2 Å². The number of aromatic nitrogens is 2. The zero-order valence-corrected chi connectivity index (χ0v) is 15.5. The molecule has 0 fully saturated rings. The van der Waals surface area contributed by atoms with Gasteiger partial charge in [-0.05, 0) is 36.4 Å². The van der Waals surface area contributed by atoms with Crippen LogP contribution in [-0.4, -0.2) is 18.2 Å². The van der Waals surface area contributed by atoms with Gasteiger partial charge in [-0.15, -0.1) is 0 Å². The van der Waals surface area contributed by atoms with Crippen LogP contribution in [0, 0.1) is 0 Å². The van der Waals surface area contributed by atoms with Gasteiger partial charge < -0.3 is 0 Å². The Morgan fingerprint density at radius 2 is 1.88 bits per heavy atom. The van der Waals surface area contributed by atoms with Crippen molar-refractivity contribution < 1.29 is 8.42 Å². The maximum atomic E-state index is 12.4. The Kier molecular flexibility index (Phi) is 5.05. The second-order valence-electron chi connectivity index (χ2n) is 4.99. The largest absolute Gasteiger partial charge is 0.242 e. The molecule has 2 aromatic carbocycles. The fourth-order valence-corrected chi connectivity index (χ4v) is 4.15. The lowest BCUT2D eigenvalue weighted by Crippen LogP contribution is -2.23. The van der Waals surface area contributed by atoms with Gasteiger partial charge in [-0.25, -0.2) is 17.8 Å². The van der Waals surface area contributed by atoms with Crippen molar-refractivity contribution in [2.45, 2.75) is 11.4 Å². The normalized spacial score (nSPS) is 11.6. The molecule has 8 heteroatoms. The number of halogens is 2. The van der Waals surface area contributed by atoms with Crippen molar-refractivity contribution in [1.82, 2.24) is 14.5 Å². The molecule has 1 N–H and O–H groups in total. The van der Waals surface area contributed by atoms with Gasteiger partial charge in [0.15, 0.2) is 0 Å². The highest BCUT2D eigenvalue weighted by Crippen LogP contribution is 2.25. The number of benzene rings is 2. The molecule has 0 amide bonds. The van der Waals surface area contributed by atoms with Gasteiger partial charge in [-0.2, -0.15) is 5.10 Å². The van der Waals surface area contributed by atoms with Gasteiger partial charge in [0.25, 0.3) is 0 Å². The Hall–Kier alpha value is -1.67. The van der Waals surface area contributed by atoms with Crippen molar-refractivity contribution in [1.29, 1.82) is 0 Å². The molecule has 0 spiro atoms. The van der Waals surface area contributed by atoms with E-state index in [1.807, 2.05) is 30.3 Å². The number of sulfonamides is 1. The molecule has 0 saturated carbocycles. The molecule has 0 unspecified atom stereocenters. The van der Waals surface area contributed by atoms with E-state index in [4.69, 9.17) is 11.6 Å². The minimum absolute atomic E-state index is 0.0369. The quantitative estimate of drug-likeness (QED) is 0.675. The molecule has 3 aromatic rings. The fraction of sp³-hybridized carbons (Fsp3) is 0.0625. The van der Waals surface area contributed by atoms with E-state index < -0.39 is 10.0 Å². The molecule has 5 nitrogen and oxygen atoms in total. The maximum absolute atomic E-state index is 12.4. The van der Waals surface area contributed by atoms with Crippen LogP contribution in [-0.2, 0) is 16.6 Å². The Morgan fingerprint density at radius 3 is 2.58 bits per heavy atom. The van der Waals surface area contributed by atoms with Crippen molar-refractivity contribution >= 4 is 37.6 Å². The molecule has 0 aliphatic carbocycles. The number of rotatable bonds is 5. The lowest BCUT2D eigenvalue weighted by atomic mass is 10.3. The third-order valence-electron chi connectivity index (χ3n) is 3.29. The minimum Gasteiger partial charge on any atom is -0.241 e. The maximum Gasteiger partial charge on any atom is 0.242 e. The summed E-state index contributed by atoms with van der Waals surface area (Å²) in [5.74, 6) is 0. The summed E-state index contributed by atoms with van der Waals surface area (Å²) in [6.07, 6.45) is 1.78. The van der Waals surface area contributed by atoms with Crippen LogP contribution < -0.4 is 4.72 Å². The highest BCUT2D eigenvalue weighted by atomic mass is 79.9. The van der Waals surface area contributed by atoms with E-state index in [1.54, 1.807) is 29.1 Å². The summed E-state index contributed by atoms with van der Waals surface area (Å²) in [5.41, 5.74) is 1.51. The van der Waals surface area contributed by atoms with Gasteiger partial charge in [-0.3, -0.25) is 0 Å². The zero-order chi connectivity index (χ0) is 17.2. The van der Waals surface area contributed by atoms with Crippen LogP contribution in [0.15, 0.2) is 70.2 Å². The molecule has 1 aromatic heterocycles. The monoisotopic (exact) mass is 425 g/mol. The molecule has 0 saturated heterocycles. The highest BCUT2D eigenvalue weighted by molar-refractivity contribution is 9.10. The summed E-state index contributed by atoms with van der Waals surface area (Å²) >= 11 is 9.26. The third kappa shape index (κ3) is 3.87. The lowest BCUT2D eigenvalue weighted by molar-refractivity contribution is 0.580. The molecular formula is C16H13BrClN3O2S. The summed E-state index contributed by atoms with van der Waals surface area (Å²) in [5, 5.41) is 4.52. The zero-order valence-electron chi connectivity index (χ0n) is 12.4. The van der Waals surface area contributed by atoms with E-state index >= 15 is 0 Å². The Balaban J connectivity index is 1.75. The first kappa shape index (κ1) is 17.2. The summed E-state index contributed by atoms with van der Waals surface area (Å²) in [4.78, 5) is 0.0369. The van der Waals surface area contributed by atoms with Crippen molar-refractivity contribution in [3.8, 4) is 5.69 Å². The first-order valence-electron chi connectivity index (χ1n) is 7.00. The Labute approximate surface area is 153 Å². The van der Waals surface area contributed by atoms with Crippen LogP contribution in [0.3, 0.4) is 0 Å². The Bertz CT molecular complexity index is 958. The Morgan fingerprint density at radius 1 is 1.12 bits per heavy atom. The topological polar surface area (TPSA) is 64.0 Å². The molecular weight excluding hydrogens is 414 g/mol. The molecule has 3 rings (SSSR count). The van der Waals surface area contributed by atoms with E-state index in [9.17, 15) is 8.42 Å². The standard InChI is InChI=1S/C16H13BrClN3O2S/c17-12-6-7-16(15(18)10-12)24(22,23)19-11-13-8-9-21(20-13)14-4-2-1-3-5-14/h1-10,19H,11H2. The predicted octanol–water partition coefficient (Wildman–Crippen LogP) is 3.77. The number of hydrogen-bond acceptors (Lipinski definition) is 3. The molecule has 1 heterocycles. The number of nitrogens with zero attached hydrogens (tertiary/aromatic N) is 2. The average Bonchev–Trinajstić information content (AvgIpc) is 3.02. The van der Waals surface area contributed by atoms with Crippen LogP contribution in [0.2, 0.25) is 5.02 Å². The second kappa shape index (κ2) is 7.06. The van der Waals surface area contributed by atoms with Crippen LogP contribution in [0.5, 0.6) is 0 Å². The molecule has 0 atom stereocenters. The predicted molar refractivity (Wildman–Crippen MR) is 96.7 cm³/mol. The third-order valence-corrected chi connectivity index (χ3v) is 5.67. The van der Waals surface area contributed by atoms with Crippen LogP contribution in [0.25, 0.3) is 5.69 Å². The lowest BCUT2D eigenvalue weighted by Gasteiger charge is -2.07. The number of nitrogens with one attached hydrogen (secondary N) is 1. The summed E-state index contributed by atoms with van der Waals surface area (Å²) < 4.78 is 29.7. The molecule has 0 aliphatic heterocycles. The molecule has 24 heavy (non-hydrogen) atoms. The van der Waals surface area contributed by atoms with Crippen LogP contribution in [0.1, 0.15) is 5.69 Å². The summed E-state index contributed by atoms with van der Waals surface area (Å²) in [6, 6.07) is 16.0. The number of para-hydroxylation sites is 1. The van der Waals surface area contributed by atoms with Gasteiger partial charge >= 0.3 is 0 Å². The van der Waals surface area contributed by atoms with Crippen molar-refractivity contribution in [3.63, 3.8) is 0 Å². The van der Waals surface area contributed by atoms with Crippen LogP contribution in [0.4, 0.5) is 0 Å². The molecule has 0 bridgehead atoms. The molecule has 0 radical (unpaired) electrons. The van der Waals surface area contributed by atoms with E-state index in [1.165, 1.54) is 6.07 Å². The number of hydrogen-bond donors (Lipinski definition) is 1. The van der Waals surface area contributed by atoms with Gasteiger partial charge in [0, 0.05) is 10.7 Å². The van der Waals surface area contributed by atoms with E-state index in [-0.39, 0.29) is 16.5 Å². The fourth-order valence-electron chi connectivity index (χ4n) is 2.12. The summed E-state index contributed by atoms with van der Waals surface area (Å²) in [6.45, 7) is 0.0779. The first-order valence-corrected chi connectivity index (χ1v) is 9.66. The van der Waals surface area contributed by atoms with Crippen molar-refractivity contribution in [3.05, 3.63) is 76.0 Å². The smallest absolute Gasteiger partial charge is 0.241 e. The highest BCUT2D eigenvalue weighted by Gasteiger charge is 2.18. The van der Waals surface area contributed by atoms with Crippen LogP contribution >= 0.6 is 27.5 Å². The van der Waals surface area contributed by atoms with Crippen molar-refractivity contribution in [2.24, 2.45) is 0 Å².